The maximum atomic E-state index is 13.3. The van der Waals surface area contributed by atoms with E-state index in [0.717, 1.165) is 5.56 Å². The summed E-state index contributed by atoms with van der Waals surface area (Å²) >= 11 is 0. The number of benzene rings is 2. The van der Waals surface area contributed by atoms with Gasteiger partial charge in [0.2, 0.25) is 5.75 Å². The van der Waals surface area contributed by atoms with E-state index in [9.17, 15) is 18.0 Å². The van der Waals surface area contributed by atoms with Crippen LogP contribution in [0.1, 0.15) is 63.4 Å². The normalized spacial score (nSPS) is 17.0. The molecule has 10 nitrogen and oxygen atoms in total. The maximum Gasteiger partial charge on any atom is 0.203 e. The first-order chi connectivity index (χ1) is 18.5. The molecule has 0 amide bonds. The molecule has 1 saturated heterocycles. The molecule has 0 radical (unpaired) electrons. The number of Topliss-reactive ketones (excluding diaryl/α,β-unsaturated/α-hetero) is 2. The van der Waals surface area contributed by atoms with Crippen LogP contribution < -0.4 is 23.7 Å². The van der Waals surface area contributed by atoms with Gasteiger partial charge in [0, 0.05) is 0 Å². The van der Waals surface area contributed by atoms with Gasteiger partial charge in [0.1, 0.15) is 23.0 Å². The monoisotopic (exact) mass is 564 g/mol. The standard InChI is InChI=1S/C28H36O10S/c1-7-10-36-28-25(37-15-17(2)29)13-20(14-26(28)39(31,32)16-18(3)30)22-9-8-21(38-22)19-11-23(33-4)27(35-6)24(12-19)34-5/h11-14,21-22H,7-10,15-16H2,1-6H3/t21-,22-/m1/s1. The van der Waals surface area contributed by atoms with Gasteiger partial charge in [-0.3, -0.25) is 9.59 Å². The summed E-state index contributed by atoms with van der Waals surface area (Å²) in [7, 11) is 0.530. The lowest BCUT2D eigenvalue weighted by Gasteiger charge is -2.21. The van der Waals surface area contributed by atoms with Gasteiger partial charge in [0.15, 0.2) is 38.6 Å². The largest absolute Gasteiger partial charge is 0.493 e. The predicted molar refractivity (Wildman–Crippen MR) is 143 cm³/mol. The Hall–Kier alpha value is -3.31. The first-order valence-electron chi connectivity index (χ1n) is 12.6. The van der Waals surface area contributed by atoms with Crippen LogP contribution in [0.3, 0.4) is 0 Å². The van der Waals surface area contributed by atoms with E-state index in [-0.39, 0.29) is 41.5 Å². The van der Waals surface area contributed by atoms with Crippen LogP contribution in [-0.4, -0.2) is 60.3 Å². The van der Waals surface area contributed by atoms with E-state index in [1.165, 1.54) is 41.2 Å². The molecule has 1 aliphatic rings. The highest BCUT2D eigenvalue weighted by atomic mass is 32.2. The summed E-state index contributed by atoms with van der Waals surface area (Å²) in [5.41, 5.74) is 1.35. The van der Waals surface area contributed by atoms with Crippen LogP contribution in [0.25, 0.3) is 0 Å². The Kier molecular flexibility index (Phi) is 10.2. The van der Waals surface area contributed by atoms with E-state index in [1.807, 2.05) is 19.1 Å². The molecule has 0 spiro atoms. The van der Waals surface area contributed by atoms with Crippen LogP contribution in [0.4, 0.5) is 0 Å². The van der Waals surface area contributed by atoms with E-state index in [4.69, 9.17) is 28.4 Å². The number of ether oxygens (including phenoxy) is 6. The lowest BCUT2D eigenvalue weighted by Crippen LogP contribution is -2.17. The Labute approximate surface area is 229 Å². The summed E-state index contributed by atoms with van der Waals surface area (Å²) in [5, 5.41) is 0. The number of hydrogen-bond acceptors (Lipinski definition) is 10. The molecule has 0 aromatic heterocycles. The highest BCUT2D eigenvalue weighted by Gasteiger charge is 2.33. The van der Waals surface area contributed by atoms with Crippen molar-refractivity contribution in [1.29, 1.82) is 0 Å². The summed E-state index contributed by atoms with van der Waals surface area (Å²) in [4.78, 5) is 23.3. The first kappa shape index (κ1) is 30.2. The quantitative estimate of drug-likeness (QED) is 0.326. The van der Waals surface area contributed by atoms with Crippen molar-refractivity contribution in [3.8, 4) is 28.7 Å². The third-order valence-electron chi connectivity index (χ3n) is 6.10. The second kappa shape index (κ2) is 13.2. The fourth-order valence-corrected chi connectivity index (χ4v) is 5.86. The molecule has 0 aliphatic carbocycles. The van der Waals surface area contributed by atoms with Crippen LogP contribution in [-0.2, 0) is 24.2 Å². The molecule has 0 bridgehead atoms. The summed E-state index contributed by atoms with van der Waals surface area (Å²) in [6.07, 6.45) is 1.01. The van der Waals surface area contributed by atoms with E-state index in [2.05, 4.69) is 0 Å². The van der Waals surface area contributed by atoms with Crippen molar-refractivity contribution in [1.82, 2.24) is 0 Å². The third-order valence-corrected chi connectivity index (χ3v) is 7.86. The minimum atomic E-state index is -4.07. The fraction of sp³-hybridized carbons (Fsp3) is 0.500. The number of sulfone groups is 1. The molecule has 2 aromatic rings. The molecule has 39 heavy (non-hydrogen) atoms. The second-order valence-electron chi connectivity index (χ2n) is 9.30. The molecule has 1 heterocycles. The highest BCUT2D eigenvalue weighted by molar-refractivity contribution is 7.92. The van der Waals surface area contributed by atoms with Gasteiger partial charge in [0.25, 0.3) is 0 Å². The predicted octanol–water partition coefficient (Wildman–Crippen LogP) is 4.42. The molecule has 3 rings (SSSR count). The smallest absolute Gasteiger partial charge is 0.203 e. The van der Waals surface area contributed by atoms with Gasteiger partial charge < -0.3 is 28.4 Å². The highest BCUT2D eigenvalue weighted by Crippen LogP contribution is 2.48. The minimum absolute atomic E-state index is 0.0118. The lowest BCUT2D eigenvalue weighted by atomic mass is 10.0. The molecule has 1 aliphatic heterocycles. The molecule has 0 N–H and O–H groups in total. The maximum absolute atomic E-state index is 13.3. The van der Waals surface area contributed by atoms with Crippen molar-refractivity contribution >= 4 is 21.4 Å². The van der Waals surface area contributed by atoms with Crippen LogP contribution in [0.5, 0.6) is 28.7 Å². The second-order valence-corrected chi connectivity index (χ2v) is 11.3. The summed E-state index contributed by atoms with van der Waals surface area (Å²) < 4.78 is 60.8. The lowest BCUT2D eigenvalue weighted by molar-refractivity contribution is -0.119. The van der Waals surface area contributed by atoms with E-state index in [0.29, 0.717) is 42.1 Å². The molecule has 214 valence electrons. The summed E-state index contributed by atoms with van der Waals surface area (Å²) in [6.45, 7) is 4.41. The molecule has 2 atom stereocenters. The Morgan fingerprint density at radius 2 is 1.38 bits per heavy atom. The van der Waals surface area contributed by atoms with Crippen molar-refractivity contribution in [3.05, 3.63) is 35.4 Å². The first-order valence-corrected chi connectivity index (χ1v) is 14.3. The zero-order valence-corrected chi connectivity index (χ0v) is 24.0. The number of ketones is 2. The van der Waals surface area contributed by atoms with Crippen LogP contribution >= 0.6 is 0 Å². The van der Waals surface area contributed by atoms with Gasteiger partial charge in [-0.15, -0.1) is 0 Å². The number of carbonyl (C=O) groups excluding carboxylic acids is 2. The fourth-order valence-electron chi connectivity index (χ4n) is 4.41. The summed E-state index contributed by atoms with van der Waals surface area (Å²) in [5.74, 6) is 0.115. The van der Waals surface area contributed by atoms with Crippen LogP contribution in [0.2, 0.25) is 0 Å². The zero-order valence-electron chi connectivity index (χ0n) is 23.2. The Balaban J connectivity index is 2.05. The van der Waals surface area contributed by atoms with Gasteiger partial charge >= 0.3 is 0 Å². The SMILES string of the molecule is CCCOc1c(OCC(C)=O)cc([C@H]2CC[C@H](c3cc(OC)c(OC)c(OC)c3)O2)cc1S(=O)(=O)CC(C)=O. The Morgan fingerprint density at radius 1 is 0.821 bits per heavy atom. The van der Waals surface area contributed by atoms with Gasteiger partial charge in [-0.25, -0.2) is 8.42 Å². The molecule has 11 heteroatoms. The van der Waals surface area contributed by atoms with Gasteiger partial charge in [0.05, 0.1) is 40.1 Å². The zero-order chi connectivity index (χ0) is 28.7. The van der Waals surface area contributed by atoms with Crippen molar-refractivity contribution in [3.63, 3.8) is 0 Å². The van der Waals surface area contributed by atoms with Crippen molar-refractivity contribution in [2.45, 2.75) is 57.1 Å². The number of methoxy groups -OCH3 is 3. The van der Waals surface area contributed by atoms with Gasteiger partial charge in [-0.1, -0.05) is 6.92 Å². The molecule has 0 unspecified atom stereocenters. The molecule has 2 aromatic carbocycles. The van der Waals surface area contributed by atoms with Crippen molar-refractivity contribution in [2.75, 3.05) is 40.3 Å². The minimum Gasteiger partial charge on any atom is -0.493 e. The Morgan fingerprint density at radius 3 is 1.87 bits per heavy atom. The van der Waals surface area contributed by atoms with Crippen LogP contribution in [0, 0.1) is 0 Å². The molecule has 0 saturated carbocycles. The number of rotatable bonds is 14. The molecular weight excluding hydrogens is 528 g/mol. The van der Waals surface area contributed by atoms with Crippen molar-refractivity contribution < 1.29 is 46.4 Å². The van der Waals surface area contributed by atoms with E-state index < -0.39 is 27.5 Å². The Bertz CT molecular complexity index is 1280. The van der Waals surface area contributed by atoms with Gasteiger partial charge in [-0.05, 0) is 68.5 Å². The van der Waals surface area contributed by atoms with E-state index >= 15 is 0 Å². The van der Waals surface area contributed by atoms with Gasteiger partial charge in [-0.2, -0.15) is 0 Å². The molecule has 1 fully saturated rings. The average molecular weight is 565 g/mol. The third kappa shape index (κ3) is 7.21. The molecular formula is C28H36O10S. The average Bonchev–Trinajstić information content (AvgIpc) is 3.39. The number of hydrogen-bond donors (Lipinski definition) is 0. The summed E-state index contributed by atoms with van der Waals surface area (Å²) in [6, 6.07) is 6.76. The van der Waals surface area contributed by atoms with Crippen LogP contribution in [0.15, 0.2) is 29.2 Å². The topological polar surface area (TPSA) is 124 Å². The number of carbonyl (C=O) groups is 2. The van der Waals surface area contributed by atoms with E-state index in [1.54, 1.807) is 6.07 Å². The van der Waals surface area contributed by atoms with Crippen molar-refractivity contribution in [2.24, 2.45) is 0 Å².